The lowest BCUT2D eigenvalue weighted by Crippen LogP contribution is -2.39. The smallest absolute Gasteiger partial charge is 0.237 e. The van der Waals surface area contributed by atoms with E-state index in [0.29, 0.717) is 26.2 Å². The van der Waals surface area contributed by atoms with Crippen LogP contribution in [0.1, 0.15) is 23.1 Å². The van der Waals surface area contributed by atoms with Gasteiger partial charge in [-0.15, -0.1) is 11.3 Å². The van der Waals surface area contributed by atoms with Gasteiger partial charge in [0.1, 0.15) is 11.6 Å². The van der Waals surface area contributed by atoms with E-state index >= 15 is 0 Å². The van der Waals surface area contributed by atoms with Crippen LogP contribution >= 0.6 is 11.3 Å². The Morgan fingerprint density at radius 3 is 2.67 bits per heavy atom. The predicted molar refractivity (Wildman–Crippen MR) is 105 cm³/mol. The van der Waals surface area contributed by atoms with Crippen LogP contribution in [0.5, 0.6) is 0 Å². The Kier molecular flexibility index (Phi) is 6.79. The number of likely N-dealkylation sites (N-methyl/N-ethyl adjacent to an activating group) is 1. The van der Waals surface area contributed by atoms with E-state index in [9.17, 15) is 9.18 Å². The highest BCUT2D eigenvalue weighted by atomic mass is 32.1. The van der Waals surface area contributed by atoms with Crippen LogP contribution in [0.3, 0.4) is 0 Å². The molecule has 2 heterocycles. The fourth-order valence-electron chi connectivity index (χ4n) is 2.94. The summed E-state index contributed by atoms with van der Waals surface area (Å²) < 4.78 is 18.9. The second kappa shape index (κ2) is 9.48. The van der Waals surface area contributed by atoms with Crippen molar-refractivity contribution < 1.29 is 13.6 Å². The Morgan fingerprint density at radius 2 is 2.00 bits per heavy atom. The third kappa shape index (κ3) is 5.77. The lowest BCUT2D eigenvalue weighted by atomic mass is 10.2. The van der Waals surface area contributed by atoms with E-state index in [1.165, 1.54) is 17.0 Å². The average Bonchev–Trinajstić information content (AvgIpc) is 3.33. The maximum Gasteiger partial charge on any atom is 0.237 e. The molecule has 0 aliphatic carbocycles. The summed E-state index contributed by atoms with van der Waals surface area (Å²) in [4.78, 5) is 17.9. The lowest BCUT2D eigenvalue weighted by Gasteiger charge is -2.26. The normalized spacial score (nSPS) is 11.1. The van der Waals surface area contributed by atoms with Gasteiger partial charge in [-0.3, -0.25) is 9.69 Å². The van der Waals surface area contributed by atoms with E-state index in [-0.39, 0.29) is 18.3 Å². The molecule has 0 saturated carbocycles. The van der Waals surface area contributed by atoms with Crippen molar-refractivity contribution in [3.63, 3.8) is 0 Å². The molecular weight excluding hydrogens is 363 g/mol. The van der Waals surface area contributed by atoms with Crippen LogP contribution in [-0.2, 0) is 24.4 Å². The quantitative estimate of drug-likeness (QED) is 0.542. The average molecular weight is 386 g/mol. The first-order valence-corrected chi connectivity index (χ1v) is 9.81. The molecule has 1 amide bonds. The molecular formula is C21H23FN2O2S. The molecule has 2 aromatic heterocycles. The summed E-state index contributed by atoms with van der Waals surface area (Å²) >= 11 is 1.67. The predicted octanol–water partition coefficient (Wildman–Crippen LogP) is 4.53. The Bertz CT molecular complexity index is 798. The van der Waals surface area contributed by atoms with Crippen LogP contribution < -0.4 is 0 Å². The minimum absolute atomic E-state index is 0.0184. The van der Waals surface area contributed by atoms with E-state index in [4.69, 9.17) is 4.42 Å². The summed E-state index contributed by atoms with van der Waals surface area (Å²) in [6, 6.07) is 14.2. The zero-order valence-electron chi connectivity index (χ0n) is 15.3. The fourth-order valence-corrected chi connectivity index (χ4v) is 3.68. The van der Waals surface area contributed by atoms with Crippen molar-refractivity contribution >= 4 is 17.2 Å². The van der Waals surface area contributed by atoms with Gasteiger partial charge in [0.05, 0.1) is 19.4 Å². The van der Waals surface area contributed by atoms with Gasteiger partial charge in [0.15, 0.2) is 0 Å². The highest BCUT2D eigenvalue weighted by molar-refractivity contribution is 7.09. The van der Waals surface area contributed by atoms with Crippen molar-refractivity contribution in [2.24, 2.45) is 0 Å². The number of nitrogens with zero attached hydrogens (tertiary/aromatic N) is 2. The van der Waals surface area contributed by atoms with Crippen LogP contribution in [0.4, 0.5) is 4.39 Å². The summed E-state index contributed by atoms with van der Waals surface area (Å²) in [6.07, 6.45) is 1.64. The third-order valence-corrected chi connectivity index (χ3v) is 5.14. The van der Waals surface area contributed by atoms with Crippen LogP contribution in [0.15, 0.2) is 64.6 Å². The van der Waals surface area contributed by atoms with Crippen LogP contribution in [-0.4, -0.2) is 28.8 Å². The van der Waals surface area contributed by atoms with Crippen molar-refractivity contribution in [1.82, 2.24) is 9.80 Å². The van der Waals surface area contributed by atoms with Crippen LogP contribution in [0.25, 0.3) is 0 Å². The molecule has 142 valence electrons. The van der Waals surface area contributed by atoms with Gasteiger partial charge in [-0.05, 0) is 48.2 Å². The van der Waals surface area contributed by atoms with Crippen molar-refractivity contribution in [2.75, 3.05) is 13.1 Å². The van der Waals surface area contributed by atoms with Gasteiger partial charge >= 0.3 is 0 Å². The third-order valence-electron chi connectivity index (χ3n) is 4.27. The van der Waals surface area contributed by atoms with E-state index in [1.54, 1.807) is 28.6 Å². The summed E-state index contributed by atoms with van der Waals surface area (Å²) in [6.45, 7) is 4.44. The number of hydrogen-bond acceptors (Lipinski definition) is 4. The minimum atomic E-state index is -0.284. The second-order valence-electron chi connectivity index (χ2n) is 6.34. The Morgan fingerprint density at radius 1 is 1.11 bits per heavy atom. The molecule has 0 aliphatic heterocycles. The maximum atomic E-state index is 13.4. The van der Waals surface area contributed by atoms with Gasteiger partial charge in [-0.2, -0.15) is 0 Å². The van der Waals surface area contributed by atoms with Crippen LogP contribution in [0.2, 0.25) is 0 Å². The molecule has 0 saturated heterocycles. The van der Waals surface area contributed by atoms with Crippen molar-refractivity contribution in [1.29, 1.82) is 0 Å². The molecule has 3 aromatic rings. The SMILES string of the molecule is CCN(Cc1cccc(F)c1)C(=O)CN(Cc1ccco1)Cc1cccs1. The molecule has 6 heteroatoms. The largest absolute Gasteiger partial charge is 0.468 e. The number of hydrogen-bond donors (Lipinski definition) is 0. The minimum Gasteiger partial charge on any atom is -0.468 e. The second-order valence-corrected chi connectivity index (χ2v) is 7.37. The summed E-state index contributed by atoms with van der Waals surface area (Å²) in [7, 11) is 0. The van der Waals surface area contributed by atoms with Gasteiger partial charge in [0.2, 0.25) is 5.91 Å². The number of carbonyl (C=O) groups excluding carboxylic acids is 1. The first-order valence-electron chi connectivity index (χ1n) is 8.93. The number of furan rings is 1. The Labute approximate surface area is 162 Å². The van der Waals surface area contributed by atoms with E-state index < -0.39 is 0 Å². The van der Waals surface area contributed by atoms with E-state index in [1.807, 2.05) is 36.6 Å². The number of halogens is 1. The molecule has 0 bridgehead atoms. The number of benzene rings is 1. The summed E-state index contributed by atoms with van der Waals surface area (Å²) in [5.74, 6) is 0.561. The summed E-state index contributed by atoms with van der Waals surface area (Å²) in [5.41, 5.74) is 0.793. The molecule has 27 heavy (non-hydrogen) atoms. The maximum absolute atomic E-state index is 13.4. The number of amides is 1. The molecule has 0 unspecified atom stereocenters. The van der Waals surface area contributed by atoms with E-state index in [2.05, 4.69) is 11.0 Å². The highest BCUT2D eigenvalue weighted by Gasteiger charge is 2.18. The lowest BCUT2D eigenvalue weighted by molar-refractivity contribution is -0.133. The number of thiophene rings is 1. The first-order chi connectivity index (χ1) is 13.1. The molecule has 0 atom stereocenters. The van der Waals surface area contributed by atoms with Gasteiger partial charge in [0, 0.05) is 24.5 Å². The molecule has 0 spiro atoms. The molecule has 0 aliphatic rings. The van der Waals surface area contributed by atoms with Gasteiger partial charge < -0.3 is 9.32 Å². The highest BCUT2D eigenvalue weighted by Crippen LogP contribution is 2.16. The Balaban J connectivity index is 1.67. The first kappa shape index (κ1) is 19.3. The molecule has 3 rings (SSSR count). The molecule has 1 aromatic carbocycles. The van der Waals surface area contributed by atoms with Gasteiger partial charge in [0.25, 0.3) is 0 Å². The fraction of sp³-hybridized carbons (Fsp3) is 0.286. The molecule has 0 radical (unpaired) electrons. The van der Waals surface area contributed by atoms with Gasteiger partial charge in [-0.25, -0.2) is 4.39 Å². The zero-order valence-corrected chi connectivity index (χ0v) is 16.1. The van der Waals surface area contributed by atoms with E-state index in [0.717, 1.165) is 11.3 Å². The monoisotopic (exact) mass is 386 g/mol. The topological polar surface area (TPSA) is 36.7 Å². The van der Waals surface area contributed by atoms with Crippen molar-refractivity contribution in [3.8, 4) is 0 Å². The Hall–Kier alpha value is -2.44. The number of rotatable bonds is 9. The summed E-state index contributed by atoms with van der Waals surface area (Å²) in [5, 5.41) is 2.03. The standard InChI is InChI=1S/C21H23FN2O2S/c1-2-24(13-17-6-3-7-18(22)12-17)21(25)16-23(14-19-8-4-10-26-19)15-20-9-5-11-27-20/h3-12H,2,13-16H2,1H3. The van der Waals surface area contributed by atoms with Crippen molar-refractivity contribution in [3.05, 3.63) is 82.2 Å². The zero-order chi connectivity index (χ0) is 19.1. The van der Waals surface area contributed by atoms with Crippen LogP contribution in [0, 0.1) is 5.82 Å². The molecule has 0 fully saturated rings. The molecule has 0 N–H and O–H groups in total. The number of carbonyl (C=O) groups is 1. The molecule has 4 nitrogen and oxygen atoms in total. The van der Waals surface area contributed by atoms with Gasteiger partial charge in [-0.1, -0.05) is 18.2 Å². The van der Waals surface area contributed by atoms with Crippen molar-refractivity contribution in [2.45, 2.75) is 26.6 Å².